The maximum atomic E-state index is 13.0. The van der Waals surface area contributed by atoms with Crippen LogP contribution >= 0.6 is 0 Å². The molecule has 0 unspecified atom stereocenters. The molecule has 0 saturated carbocycles. The summed E-state index contributed by atoms with van der Waals surface area (Å²) in [6, 6.07) is 13.5. The highest BCUT2D eigenvalue weighted by Gasteiger charge is 2.33. The molecule has 3 heterocycles. The van der Waals surface area contributed by atoms with Crippen molar-refractivity contribution in [1.82, 2.24) is 19.5 Å². The van der Waals surface area contributed by atoms with Crippen LogP contribution in [0, 0.1) is 5.92 Å². The van der Waals surface area contributed by atoms with Gasteiger partial charge < -0.3 is 10.0 Å². The van der Waals surface area contributed by atoms with E-state index in [9.17, 15) is 14.7 Å². The molecule has 2 N–H and O–H groups in total. The number of carbonyl (C=O) groups excluding carboxylic acids is 1. The van der Waals surface area contributed by atoms with E-state index in [1.807, 2.05) is 18.2 Å². The molecule has 2 atom stereocenters. The lowest BCUT2D eigenvalue weighted by Crippen LogP contribution is -2.44. The zero-order valence-corrected chi connectivity index (χ0v) is 14.2. The number of piperidine rings is 1. The van der Waals surface area contributed by atoms with Crippen LogP contribution in [0.1, 0.15) is 28.3 Å². The Bertz CT molecular complexity index is 979. The molecule has 26 heavy (non-hydrogen) atoms. The largest absolute Gasteiger partial charge is 0.396 e. The highest BCUT2D eigenvalue weighted by atomic mass is 16.3. The molecule has 1 aliphatic rings. The molecule has 1 saturated heterocycles. The molecule has 4 rings (SSSR count). The maximum absolute atomic E-state index is 13.0. The Kier molecular flexibility index (Phi) is 4.30. The molecule has 1 aromatic carbocycles. The predicted octanol–water partition coefficient (Wildman–Crippen LogP) is 1.26. The van der Waals surface area contributed by atoms with Crippen LogP contribution in [0.5, 0.6) is 0 Å². The van der Waals surface area contributed by atoms with Gasteiger partial charge in [0.1, 0.15) is 0 Å². The van der Waals surface area contributed by atoms with Gasteiger partial charge in [-0.15, -0.1) is 0 Å². The molecule has 7 nitrogen and oxygen atoms in total. The molecule has 2 aromatic heterocycles. The number of hydrogen-bond acceptors (Lipinski definition) is 4. The number of hydrogen-bond donors (Lipinski definition) is 2. The van der Waals surface area contributed by atoms with Gasteiger partial charge in [0.25, 0.3) is 5.91 Å². The average molecular weight is 352 g/mol. The van der Waals surface area contributed by atoms with Gasteiger partial charge in [0.05, 0.1) is 5.56 Å². The Morgan fingerprint density at radius 2 is 2.04 bits per heavy atom. The van der Waals surface area contributed by atoms with Gasteiger partial charge in [-0.1, -0.05) is 30.3 Å². The van der Waals surface area contributed by atoms with E-state index in [0.29, 0.717) is 24.3 Å². The molecular formula is C19H20N4O3. The van der Waals surface area contributed by atoms with E-state index in [1.54, 1.807) is 23.2 Å². The molecular weight excluding hydrogens is 332 g/mol. The van der Waals surface area contributed by atoms with Crippen LogP contribution in [0.25, 0.3) is 5.65 Å². The van der Waals surface area contributed by atoms with E-state index in [-0.39, 0.29) is 30.0 Å². The van der Waals surface area contributed by atoms with Crippen LogP contribution in [-0.2, 0) is 0 Å². The highest BCUT2D eigenvalue weighted by molar-refractivity contribution is 5.99. The van der Waals surface area contributed by atoms with Crippen molar-refractivity contribution in [3.63, 3.8) is 0 Å². The number of pyridine rings is 1. The standard InChI is InChI=1S/C19H20N4O3/c24-12-14-11-22(10-8-15(14)13-5-2-1-3-6-13)18(25)16-7-4-9-23-17(16)20-21-19(23)26/h1-7,9,14-15,24H,8,10-12H2,(H,21,26)/t14-,15+/m1/s1. The topological polar surface area (TPSA) is 90.7 Å². The average Bonchev–Trinajstić information content (AvgIpc) is 3.09. The van der Waals surface area contributed by atoms with Crippen LogP contribution in [0.3, 0.4) is 0 Å². The quantitative estimate of drug-likeness (QED) is 0.742. The summed E-state index contributed by atoms with van der Waals surface area (Å²) in [5.74, 6) is 0.0461. The third-order valence-corrected chi connectivity index (χ3v) is 5.16. The molecule has 3 aromatic rings. The molecule has 1 fully saturated rings. The van der Waals surface area contributed by atoms with Gasteiger partial charge in [-0.3, -0.25) is 4.79 Å². The lowest BCUT2D eigenvalue weighted by Gasteiger charge is -2.38. The number of aliphatic hydroxyl groups is 1. The molecule has 7 heteroatoms. The fourth-order valence-corrected chi connectivity index (χ4v) is 3.81. The van der Waals surface area contributed by atoms with Crippen molar-refractivity contribution in [2.75, 3.05) is 19.7 Å². The summed E-state index contributed by atoms with van der Waals surface area (Å²) in [7, 11) is 0. The Hall–Kier alpha value is -2.93. The fraction of sp³-hybridized carbons (Fsp3) is 0.316. The predicted molar refractivity (Wildman–Crippen MR) is 96.1 cm³/mol. The molecule has 0 aliphatic carbocycles. The number of aliphatic hydroxyl groups excluding tert-OH is 1. The van der Waals surface area contributed by atoms with Crippen LogP contribution in [-0.4, -0.2) is 50.2 Å². The number of fused-ring (bicyclic) bond motifs is 1. The lowest BCUT2D eigenvalue weighted by molar-refractivity contribution is 0.0579. The number of aromatic nitrogens is 3. The summed E-state index contributed by atoms with van der Waals surface area (Å²) in [5.41, 5.74) is 1.54. The first-order valence-corrected chi connectivity index (χ1v) is 8.70. The van der Waals surface area contributed by atoms with E-state index < -0.39 is 0 Å². The maximum Gasteiger partial charge on any atom is 0.347 e. The second-order valence-electron chi connectivity index (χ2n) is 6.64. The molecule has 0 radical (unpaired) electrons. The van der Waals surface area contributed by atoms with Gasteiger partial charge in [-0.2, -0.15) is 5.10 Å². The minimum atomic E-state index is -0.370. The number of amides is 1. The van der Waals surface area contributed by atoms with Crippen LogP contribution in [0.15, 0.2) is 53.5 Å². The van der Waals surface area contributed by atoms with Crippen molar-refractivity contribution in [3.05, 3.63) is 70.3 Å². The number of H-pyrrole nitrogens is 1. The number of nitrogens with zero attached hydrogens (tertiary/aromatic N) is 3. The van der Waals surface area contributed by atoms with Crippen molar-refractivity contribution >= 4 is 11.6 Å². The van der Waals surface area contributed by atoms with E-state index in [2.05, 4.69) is 22.3 Å². The number of aromatic amines is 1. The van der Waals surface area contributed by atoms with Crippen molar-refractivity contribution in [2.45, 2.75) is 12.3 Å². The van der Waals surface area contributed by atoms with Gasteiger partial charge in [-0.05, 0) is 30.0 Å². The Labute approximate surface area is 149 Å². The number of likely N-dealkylation sites (tertiary alicyclic amines) is 1. The van der Waals surface area contributed by atoms with E-state index in [1.165, 1.54) is 9.96 Å². The Morgan fingerprint density at radius 1 is 1.23 bits per heavy atom. The molecule has 0 bridgehead atoms. The fourth-order valence-electron chi connectivity index (χ4n) is 3.81. The van der Waals surface area contributed by atoms with Gasteiger partial charge in [0.2, 0.25) is 0 Å². The first kappa shape index (κ1) is 16.5. The first-order chi connectivity index (χ1) is 12.7. The van der Waals surface area contributed by atoms with Gasteiger partial charge >= 0.3 is 5.69 Å². The lowest BCUT2D eigenvalue weighted by atomic mass is 9.81. The summed E-state index contributed by atoms with van der Waals surface area (Å²) in [5, 5.41) is 16.2. The Morgan fingerprint density at radius 3 is 2.81 bits per heavy atom. The summed E-state index contributed by atoms with van der Waals surface area (Å²) >= 11 is 0. The minimum Gasteiger partial charge on any atom is -0.396 e. The summed E-state index contributed by atoms with van der Waals surface area (Å²) in [6.45, 7) is 1.10. The van der Waals surface area contributed by atoms with Gasteiger partial charge in [0, 0.05) is 31.8 Å². The van der Waals surface area contributed by atoms with E-state index in [4.69, 9.17) is 0 Å². The molecule has 1 aliphatic heterocycles. The Balaban J connectivity index is 1.59. The number of rotatable bonds is 3. The SMILES string of the molecule is O=C(c1cccn2c(=O)[nH]nc12)N1CC[C@@H](c2ccccc2)[C@@H](CO)C1. The second kappa shape index (κ2) is 6.76. The first-order valence-electron chi connectivity index (χ1n) is 8.70. The van der Waals surface area contributed by atoms with Crippen molar-refractivity contribution in [1.29, 1.82) is 0 Å². The third-order valence-electron chi connectivity index (χ3n) is 5.16. The second-order valence-corrected chi connectivity index (χ2v) is 6.64. The van der Waals surface area contributed by atoms with Crippen molar-refractivity contribution < 1.29 is 9.90 Å². The number of nitrogens with one attached hydrogen (secondary N) is 1. The smallest absolute Gasteiger partial charge is 0.347 e. The minimum absolute atomic E-state index is 0.0174. The van der Waals surface area contributed by atoms with Crippen molar-refractivity contribution in [3.8, 4) is 0 Å². The van der Waals surface area contributed by atoms with Gasteiger partial charge in [0.15, 0.2) is 5.65 Å². The number of benzene rings is 1. The van der Waals surface area contributed by atoms with Crippen LogP contribution < -0.4 is 5.69 Å². The van der Waals surface area contributed by atoms with Crippen molar-refractivity contribution in [2.24, 2.45) is 5.92 Å². The zero-order chi connectivity index (χ0) is 18.1. The monoisotopic (exact) mass is 352 g/mol. The third kappa shape index (κ3) is 2.80. The summed E-state index contributed by atoms with van der Waals surface area (Å²) in [6.07, 6.45) is 2.37. The molecule has 1 amide bonds. The van der Waals surface area contributed by atoms with Gasteiger partial charge in [-0.25, -0.2) is 14.3 Å². The van der Waals surface area contributed by atoms with Crippen LogP contribution in [0.2, 0.25) is 0 Å². The van der Waals surface area contributed by atoms with E-state index >= 15 is 0 Å². The zero-order valence-electron chi connectivity index (χ0n) is 14.2. The molecule has 134 valence electrons. The van der Waals surface area contributed by atoms with E-state index in [0.717, 1.165) is 6.42 Å². The normalized spacial score (nSPS) is 20.4. The highest BCUT2D eigenvalue weighted by Crippen LogP contribution is 2.33. The molecule has 0 spiro atoms. The number of carbonyl (C=O) groups is 1. The van der Waals surface area contributed by atoms with Crippen LogP contribution in [0.4, 0.5) is 0 Å². The summed E-state index contributed by atoms with van der Waals surface area (Å²) in [4.78, 5) is 26.5. The summed E-state index contributed by atoms with van der Waals surface area (Å²) < 4.78 is 1.33.